The summed E-state index contributed by atoms with van der Waals surface area (Å²) in [5.74, 6) is 1.46. The van der Waals surface area contributed by atoms with Crippen molar-refractivity contribution in [3.63, 3.8) is 0 Å². The normalized spacial score (nSPS) is 21.4. The molecule has 28 heavy (non-hydrogen) atoms. The molecule has 2 aromatic rings. The maximum atomic E-state index is 5.92. The molecule has 148 valence electrons. The molecular weight excluding hydrogens is 354 g/mol. The van der Waals surface area contributed by atoms with Crippen LogP contribution < -0.4 is 14.8 Å². The van der Waals surface area contributed by atoms with Gasteiger partial charge in [0.15, 0.2) is 0 Å². The predicted octanol–water partition coefficient (Wildman–Crippen LogP) is 3.54. The highest BCUT2D eigenvalue weighted by Gasteiger charge is 2.27. The fourth-order valence-corrected chi connectivity index (χ4v) is 3.66. The molecule has 1 fully saturated rings. The molecule has 6 heteroatoms. The molecule has 0 radical (unpaired) electrons. The lowest BCUT2D eigenvalue weighted by atomic mass is 10.0. The average molecular weight is 381 g/mol. The smallest absolute Gasteiger partial charge is 0.214 e. The molecule has 1 aromatic carbocycles. The van der Waals surface area contributed by atoms with Crippen LogP contribution in [0.3, 0.4) is 0 Å². The fraction of sp³-hybridized carbons (Fsp3) is 0.409. The van der Waals surface area contributed by atoms with E-state index in [1.54, 1.807) is 7.11 Å². The molecule has 2 aliphatic rings. The maximum absolute atomic E-state index is 5.92. The largest absolute Gasteiger partial charge is 0.497 e. The number of rotatable bonds is 5. The summed E-state index contributed by atoms with van der Waals surface area (Å²) in [5.41, 5.74) is 4.28. The van der Waals surface area contributed by atoms with Gasteiger partial charge < -0.3 is 24.4 Å². The highest BCUT2D eigenvalue weighted by molar-refractivity contribution is 5.70. The molecule has 0 amide bonds. The molecule has 1 N–H and O–H groups in total. The number of nitrogens with zero attached hydrogens (tertiary/aromatic N) is 2. The van der Waals surface area contributed by atoms with Gasteiger partial charge in [0.05, 0.1) is 37.7 Å². The molecule has 0 spiro atoms. The minimum absolute atomic E-state index is 0.237. The van der Waals surface area contributed by atoms with Crippen LogP contribution >= 0.6 is 0 Å². The van der Waals surface area contributed by atoms with Crippen molar-refractivity contribution in [1.82, 2.24) is 9.88 Å². The number of benzene rings is 1. The summed E-state index contributed by atoms with van der Waals surface area (Å²) in [6.45, 7) is 7.28. The Morgan fingerprint density at radius 3 is 2.75 bits per heavy atom. The lowest BCUT2D eigenvalue weighted by Crippen LogP contribution is -2.46. The lowest BCUT2D eigenvalue weighted by molar-refractivity contribution is 0.0154. The monoisotopic (exact) mass is 381 g/mol. The van der Waals surface area contributed by atoms with E-state index in [1.807, 2.05) is 36.4 Å². The van der Waals surface area contributed by atoms with Gasteiger partial charge in [-0.15, -0.1) is 0 Å². The van der Waals surface area contributed by atoms with Gasteiger partial charge in [0.25, 0.3) is 0 Å². The van der Waals surface area contributed by atoms with Gasteiger partial charge in [-0.1, -0.05) is 12.1 Å². The van der Waals surface area contributed by atoms with E-state index < -0.39 is 0 Å². The Morgan fingerprint density at radius 1 is 1.18 bits per heavy atom. The third-order valence-electron chi connectivity index (χ3n) is 5.24. The molecule has 3 heterocycles. The molecule has 4 rings (SSSR count). The van der Waals surface area contributed by atoms with Crippen molar-refractivity contribution >= 4 is 11.8 Å². The van der Waals surface area contributed by atoms with Crippen molar-refractivity contribution < 1.29 is 14.2 Å². The van der Waals surface area contributed by atoms with Gasteiger partial charge in [-0.05, 0) is 43.7 Å². The van der Waals surface area contributed by atoms with Crippen LogP contribution in [0.15, 0.2) is 42.1 Å². The summed E-state index contributed by atoms with van der Waals surface area (Å²) in [5, 5.41) is 3.56. The first-order chi connectivity index (χ1) is 13.6. The van der Waals surface area contributed by atoms with E-state index in [4.69, 9.17) is 19.2 Å². The van der Waals surface area contributed by atoms with Crippen molar-refractivity contribution in [3.8, 4) is 11.6 Å². The zero-order valence-electron chi connectivity index (χ0n) is 16.6. The minimum atomic E-state index is 0.237. The SMILES string of the molecule is COc1ccc(COc2ccc3c(n2)C=C(N2CCOC[C@H]2C)C(C)N3)cc1. The van der Waals surface area contributed by atoms with E-state index >= 15 is 0 Å². The number of nitrogens with one attached hydrogen (secondary N) is 1. The maximum Gasteiger partial charge on any atom is 0.214 e. The number of hydrogen-bond acceptors (Lipinski definition) is 6. The standard InChI is InChI=1S/C22H27N3O3/c1-15-13-27-11-10-25(15)21-12-20-19(23-16(21)2)8-9-22(24-20)28-14-17-4-6-18(26-3)7-5-17/h4-9,12,15-16,23H,10-11,13-14H2,1-3H3/t15-,16?/m1/s1. The zero-order valence-corrected chi connectivity index (χ0v) is 16.6. The summed E-state index contributed by atoms with van der Waals surface area (Å²) >= 11 is 0. The number of methoxy groups -OCH3 is 1. The van der Waals surface area contributed by atoms with Crippen molar-refractivity contribution in [1.29, 1.82) is 0 Å². The second-order valence-corrected chi connectivity index (χ2v) is 7.27. The van der Waals surface area contributed by atoms with Crippen LogP contribution in [0.2, 0.25) is 0 Å². The van der Waals surface area contributed by atoms with E-state index in [9.17, 15) is 0 Å². The number of hydrogen-bond donors (Lipinski definition) is 1. The molecule has 0 aliphatic carbocycles. The summed E-state index contributed by atoms with van der Waals surface area (Å²) in [6.07, 6.45) is 2.18. The molecular formula is C22H27N3O3. The first-order valence-electron chi connectivity index (χ1n) is 9.73. The average Bonchev–Trinajstić information content (AvgIpc) is 2.73. The van der Waals surface area contributed by atoms with Gasteiger partial charge in [-0.25, -0.2) is 4.98 Å². The van der Waals surface area contributed by atoms with Crippen molar-refractivity contribution in [2.24, 2.45) is 0 Å². The third kappa shape index (κ3) is 3.92. The second-order valence-electron chi connectivity index (χ2n) is 7.27. The second kappa shape index (κ2) is 8.10. The summed E-state index contributed by atoms with van der Waals surface area (Å²) in [7, 11) is 1.66. The van der Waals surface area contributed by atoms with Crippen LogP contribution in [0.5, 0.6) is 11.6 Å². The Labute approximate surface area is 166 Å². The Morgan fingerprint density at radius 2 is 2.00 bits per heavy atom. The molecule has 1 unspecified atom stereocenters. The van der Waals surface area contributed by atoms with Crippen molar-refractivity contribution in [2.75, 3.05) is 32.2 Å². The van der Waals surface area contributed by atoms with E-state index in [0.717, 1.165) is 42.5 Å². The van der Waals surface area contributed by atoms with Crippen LogP contribution in [0, 0.1) is 0 Å². The van der Waals surface area contributed by atoms with Crippen LogP contribution in [0.1, 0.15) is 25.1 Å². The molecule has 2 aliphatic heterocycles. The van der Waals surface area contributed by atoms with E-state index in [2.05, 4.69) is 30.1 Å². The molecule has 1 saturated heterocycles. The highest BCUT2D eigenvalue weighted by Crippen LogP contribution is 2.31. The number of anilines is 1. The fourth-order valence-electron chi connectivity index (χ4n) is 3.66. The van der Waals surface area contributed by atoms with E-state index in [0.29, 0.717) is 18.5 Å². The van der Waals surface area contributed by atoms with Crippen molar-refractivity contribution in [2.45, 2.75) is 32.5 Å². The first kappa shape index (κ1) is 18.6. The number of morpholine rings is 1. The van der Waals surface area contributed by atoms with Gasteiger partial charge in [0, 0.05) is 24.4 Å². The summed E-state index contributed by atoms with van der Waals surface area (Å²) < 4.78 is 16.7. The molecule has 0 saturated carbocycles. The Kier molecular flexibility index (Phi) is 5.39. The Bertz CT molecular complexity index is 851. The highest BCUT2D eigenvalue weighted by atomic mass is 16.5. The van der Waals surface area contributed by atoms with Crippen LogP contribution in [-0.2, 0) is 11.3 Å². The third-order valence-corrected chi connectivity index (χ3v) is 5.24. The van der Waals surface area contributed by atoms with E-state index in [-0.39, 0.29) is 6.04 Å². The van der Waals surface area contributed by atoms with Crippen LogP contribution in [0.4, 0.5) is 5.69 Å². The van der Waals surface area contributed by atoms with Crippen LogP contribution in [-0.4, -0.2) is 48.8 Å². The van der Waals surface area contributed by atoms with Gasteiger partial charge in [-0.2, -0.15) is 0 Å². The predicted molar refractivity (Wildman–Crippen MR) is 110 cm³/mol. The van der Waals surface area contributed by atoms with E-state index in [1.165, 1.54) is 5.70 Å². The number of ether oxygens (including phenoxy) is 3. The van der Waals surface area contributed by atoms with Gasteiger partial charge >= 0.3 is 0 Å². The van der Waals surface area contributed by atoms with Crippen LogP contribution in [0.25, 0.3) is 6.08 Å². The first-order valence-corrected chi connectivity index (χ1v) is 9.73. The quantitative estimate of drug-likeness (QED) is 0.855. The molecule has 2 atom stereocenters. The Balaban J connectivity index is 1.50. The summed E-state index contributed by atoms with van der Waals surface area (Å²) in [6, 6.07) is 12.4. The van der Waals surface area contributed by atoms with Crippen molar-refractivity contribution in [3.05, 3.63) is 53.4 Å². The Hall–Kier alpha value is -2.73. The minimum Gasteiger partial charge on any atom is -0.497 e. The van der Waals surface area contributed by atoms with Gasteiger partial charge in [0.1, 0.15) is 12.4 Å². The number of fused-ring (bicyclic) bond motifs is 1. The number of pyridine rings is 1. The molecule has 6 nitrogen and oxygen atoms in total. The van der Waals surface area contributed by atoms with Gasteiger partial charge in [0.2, 0.25) is 5.88 Å². The molecule has 0 bridgehead atoms. The van der Waals surface area contributed by atoms with Gasteiger partial charge in [-0.3, -0.25) is 0 Å². The zero-order chi connectivity index (χ0) is 19.5. The summed E-state index contributed by atoms with van der Waals surface area (Å²) in [4.78, 5) is 7.14. The number of aromatic nitrogens is 1. The topological polar surface area (TPSA) is 55.9 Å². The lowest BCUT2D eigenvalue weighted by Gasteiger charge is -2.40. The molecule has 1 aromatic heterocycles.